The van der Waals surface area contributed by atoms with Crippen molar-refractivity contribution in [3.63, 3.8) is 0 Å². The highest BCUT2D eigenvalue weighted by Gasteiger charge is 2.25. The fraction of sp³-hybridized carbons (Fsp3) is 0.433. The van der Waals surface area contributed by atoms with Crippen molar-refractivity contribution in [1.29, 1.82) is 0 Å². The number of methoxy groups -OCH3 is 1. The van der Waals surface area contributed by atoms with Gasteiger partial charge in [-0.05, 0) is 74.6 Å². The predicted molar refractivity (Wildman–Crippen MR) is 156 cm³/mol. The molecule has 10 heteroatoms. The standard InChI is InChI=1S/C30H36N4O5S/c1-19(31-29(36)28-20(2)32-30(40-28)33-27(35)18-37-3)22-6-10-25(11-7-22)39-26-14-15-34(16-26)23-8-12-24(13-9-23)38-17-21-4-5-21/h6-13,19,21,26H,4-5,14-18H2,1-3H3,(H,31,36)(H,32,33,35)/t19-,26+/m0/s1. The monoisotopic (exact) mass is 564 g/mol. The van der Waals surface area contributed by atoms with Gasteiger partial charge < -0.3 is 24.4 Å². The molecule has 0 radical (unpaired) electrons. The van der Waals surface area contributed by atoms with E-state index in [-0.39, 0.29) is 30.6 Å². The number of nitrogens with zero attached hydrogens (tertiary/aromatic N) is 2. The minimum atomic E-state index is -0.313. The van der Waals surface area contributed by atoms with E-state index < -0.39 is 0 Å². The number of benzene rings is 2. The van der Waals surface area contributed by atoms with E-state index in [2.05, 4.69) is 44.8 Å². The Bertz CT molecular complexity index is 1310. The molecule has 2 heterocycles. The van der Waals surface area contributed by atoms with E-state index in [9.17, 15) is 9.59 Å². The maximum Gasteiger partial charge on any atom is 0.263 e. The van der Waals surface area contributed by atoms with Crippen molar-refractivity contribution in [2.24, 2.45) is 5.92 Å². The third-order valence-corrected chi connectivity index (χ3v) is 8.16. The third-order valence-electron chi connectivity index (χ3n) is 7.08. The number of aryl methyl sites for hydroxylation is 1. The molecule has 0 spiro atoms. The van der Waals surface area contributed by atoms with Crippen molar-refractivity contribution in [3.8, 4) is 11.5 Å². The molecule has 1 aliphatic heterocycles. The lowest BCUT2D eigenvalue weighted by Crippen LogP contribution is -2.26. The second-order valence-electron chi connectivity index (χ2n) is 10.4. The zero-order valence-electron chi connectivity index (χ0n) is 23.1. The van der Waals surface area contributed by atoms with Crippen molar-refractivity contribution in [2.75, 3.05) is 43.6 Å². The number of ether oxygens (including phenoxy) is 3. The summed E-state index contributed by atoms with van der Waals surface area (Å²) in [7, 11) is 1.45. The van der Waals surface area contributed by atoms with Crippen molar-refractivity contribution >= 4 is 34.0 Å². The maximum absolute atomic E-state index is 12.9. The first kappa shape index (κ1) is 27.9. The highest BCUT2D eigenvalue weighted by atomic mass is 32.1. The van der Waals surface area contributed by atoms with Crippen LogP contribution in [-0.2, 0) is 9.53 Å². The molecule has 2 N–H and O–H groups in total. The fourth-order valence-electron chi connectivity index (χ4n) is 4.63. The van der Waals surface area contributed by atoms with Gasteiger partial charge in [0.05, 0.1) is 24.9 Å². The summed E-state index contributed by atoms with van der Waals surface area (Å²) < 4.78 is 16.9. The number of anilines is 2. The molecular formula is C30H36N4O5S. The highest BCUT2D eigenvalue weighted by Crippen LogP contribution is 2.31. The molecule has 1 aliphatic carbocycles. The van der Waals surface area contributed by atoms with Crippen LogP contribution < -0.4 is 25.0 Å². The lowest BCUT2D eigenvalue weighted by molar-refractivity contribution is -0.119. The Kier molecular flexibility index (Phi) is 8.86. The third kappa shape index (κ3) is 7.31. The minimum Gasteiger partial charge on any atom is -0.493 e. The number of amides is 2. The second kappa shape index (κ2) is 12.7. The summed E-state index contributed by atoms with van der Waals surface area (Å²) in [6.07, 6.45) is 3.65. The average Bonchev–Trinajstić information content (AvgIpc) is 3.54. The molecule has 2 amide bonds. The number of carbonyl (C=O) groups is 2. The van der Waals surface area contributed by atoms with Gasteiger partial charge in [0.25, 0.3) is 11.8 Å². The SMILES string of the molecule is COCC(=O)Nc1nc(C)c(C(=O)N[C@@H](C)c2ccc(O[C@@H]3CCN(c4ccc(OCC5CC5)cc4)C3)cc2)s1. The van der Waals surface area contributed by atoms with Crippen LogP contribution in [0.4, 0.5) is 10.8 Å². The van der Waals surface area contributed by atoms with Gasteiger partial charge in [-0.1, -0.05) is 23.5 Å². The number of rotatable bonds is 12. The Morgan fingerprint density at radius 1 is 1.07 bits per heavy atom. The van der Waals surface area contributed by atoms with Crippen molar-refractivity contribution < 1.29 is 23.8 Å². The number of hydrogen-bond acceptors (Lipinski definition) is 8. The molecule has 2 fully saturated rings. The summed E-state index contributed by atoms with van der Waals surface area (Å²) in [5, 5.41) is 6.04. The Morgan fingerprint density at radius 3 is 2.50 bits per heavy atom. The molecule has 2 aromatic carbocycles. The van der Waals surface area contributed by atoms with Gasteiger partial charge in [0.2, 0.25) is 0 Å². The van der Waals surface area contributed by atoms with Crippen molar-refractivity contribution in [3.05, 3.63) is 64.7 Å². The number of hydrogen-bond donors (Lipinski definition) is 2. The molecule has 40 heavy (non-hydrogen) atoms. The molecule has 1 aromatic heterocycles. The van der Waals surface area contributed by atoms with Crippen LogP contribution in [0, 0.1) is 12.8 Å². The van der Waals surface area contributed by atoms with Gasteiger partial charge in [0.15, 0.2) is 5.13 Å². The number of aromatic nitrogens is 1. The van der Waals surface area contributed by atoms with E-state index in [1.54, 1.807) is 6.92 Å². The van der Waals surface area contributed by atoms with Gasteiger partial charge in [0, 0.05) is 25.8 Å². The normalized spacial score (nSPS) is 17.4. The molecule has 0 bridgehead atoms. The molecule has 2 atom stereocenters. The van der Waals surface area contributed by atoms with Gasteiger partial charge in [0.1, 0.15) is 29.1 Å². The second-order valence-corrected chi connectivity index (χ2v) is 11.4. The molecule has 1 saturated carbocycles. The van der Waals surface area contributed by atoms with Crippen LogP contribution in [0.1, 0.15) is 53.2 Å². The van der Waals surface area contributed by atoms with Crippen LogP contribution in [-0.4, -0.2) is 56.3 Å². The quantitative estimate of drug-likeness (QED) is 0.320. The lowest BCUT2D eigenvalue weighted by atomic mass is 10.1. The zero-order chi connectivity index (χ0) is 28.1. The van der Waals surface area contributed by atoms with Crippen LogP contribution in [0.25, 0.3) is 0 Å². The summed E-state index contributed by atoms with van der Waals surface area (Å²) in [6.45, 7) is 6.22. The van der Waals surface area contributed by atoms with E-state index >= 15 is 0 Å². The van der Waals surface area contributed by atoms with Crippen LogP contribution in [0.15, 0.2) is 48.5 Å². The van der Waals surface area contributed by atoms with E-state index in [1.807, 2.05) is 31.2 Å². The first-order valence-electron chi connectivity index (χ1n) is 13.7. The van der Waals surface area contributed by atoms with E-state index in [1.165, 1.54) is 25.6 Å². The van der Waals surface area contributed by atoms with Crippen LogP contribution in [0.3, 0.4) is 0 Å². The summed E-state index contributed by atoms with van der Waals surface area (Å²) in [6, 6.07) is 16.0. The maximum atomic E-state index is 12.9. The van der Waals surface area contributed by atoms with Gasteiger partial charge in [-0.25, -0.2) is 4.98 Å². The Morgan fingerprint density at radius 2 is 1.80 bits per heavy atom. The van der Waals surface area contributed by atoms with E-state index in [0.717, 1.165) is 60.4 Å². The fourth-order valence-corrected chi connectivity index (χ4v) is 5.52. The number of nitrogens with one attached hydrogen (secondary N) is 2. The molecule has 1 saturated heterocycles. The zero-order valence-corrected chi connectivity index (χ0v) is 24.0. The van der Waals surface area contributed by atoms with Gasteiger partial charge in [-0.3, -0.25) is 14.9 Å². The van der Waals surface area contributed by atoms with Gasteiger partial charge >= 0.3 is 0 Å². The minimum absolute atomic E-state index is 0.0696. The average molecular weight is 565 g/mol. The first-order valence-corrected chi connectivity index (χ1v) is 14.5. The summed E-state index contributed by atoms with van der Waals surface area (Å²) >= 11 is 1.14. The molecule has 9 nitrogen and oxygen atoms in total. The van der Waals surface area contributed by atoms with Crippen molar-refractivity contribution in [2.45, 2.75) is 45.3 Å². The Hall–Kier alpha value is -3.63. The van der Waals surface area contributed by atoms with Crippen molar-refractivity contribution in [1.82, 2.24) is 10.3 Å². The Labute approximate surface area is 238 Å². The molecular weight excluding hydrogens is 528 g/mol. The summed E-state index contributed by atoms with van der Waals surface area (Å²) in [5.41, 5.74) is 2.72. The summed E-state index contributed by atoms with van der Waals surface area (Å²) in [4.78, 5) is 31.7. The van der Waals surface area contributed by atoms with Gasteiger partial charge in [-0.2, -0.15) is 0 Å². The van der Waals surface area contributed by atoms with E-state index in [0.29, 0.717) is 15.7 Å². The largest absolute Gasteiger partial charge is 0.493 e. The summed E-state index contributed by atoms with van der Waals surface area (Å²) in [5.74, 6) is 1.95. The molecule has 2 aliphatic rings. The lowest BCUT2D eigenvalue weighted by Gasteiger charge is -2.20. The molecule has 0 unspecified atom stereocenters. The molecule has 5 rings (SSSR count). The number of thiazole rings is 1. The topological polar surface area (TPSA) is 102 Å². The molecule has 3 aromatic rings. The smallest absolute Gasteiger partial charge is 0.263 e. The first-order chi connectivity index (χ1) is 19.4. The van der Waals surface area contributed by atoms with E-state index in [4.69, 9.17) is 14.2 Å². The van der Waals surface area contributed by atoms with Crippen LogP contribution in [0.2, 0.25) is 0 Å². The highest BCUT2D eigenvalue weighted by molar-refractivity contribution is 7.17. The van der Waals surface area contributed by atoms with Gasteiger partial charge in [-0.15, -0.1) is 0 Å². The van der Waals surface area contributed by atoms with Crippen LogP contribution in [0.5, 0.6) is 11.5 Å². The number of carbonyl (C=O) groups excluding carboxylic acids is 2. The predicted octanol–water partition coefficient (Wildman–Crippen LogP) is 4.97. The molecule has 212 valence electrons. The Balaban J connectivity index is 1.10. The van der Waals surface area contributed by atoms with Crippen LogP contribution >= 0.6 is 11.3 Å².